The van der Waals surface area contributed by atoms with Crippen LogP contribution in [0.25, 0.3) is 0 Å². The van der Waals surface area contributed by atoms with Gasteiger partial charge in [0, 0.05) is 6.61 Å². The van der Waals surface area contributed by atoms with Gasteiger partial charge < -0.3 is 9.47 Å². The van der Waals surface area contributed by atoms with Crippen LogP contribution < -0.4 is 0 Å². The van der Waals surface area contributed by atoms with Crippen LogP contribution in [-0.2, 0) is 16.1 Å². The van der Waals surface area contributed by atoms with Crippen LogP contribution in [0.1, 0.15) is 129 Å². The Balaban J connectivity index is 1.37. The van der Waals surface area contributed by atoms with Gasteiger partial charge in [-0.05, 0) is 29.7 Å². The summed E-state index contributed by atoms with van der Waals surface area (Å²) in [7, 11) is 0. The molecule has 0 radical (unpaired) electrons. The molecule has 2 rings (SSSR count). The lowest BCUT2D eigenvalue weighted by molar-refractivity contribution is -0.0430. The molecule has 0 N–H and O–H groups in total. The Morgan fingerprint density at radius 3 is 1.85 bits per heavy atom. The Kier molecular flexibility index (Phi) is 15.1. The van der Waals surface area contributed by atoms with Crippen molar-refractivity contribution in [1.29, 1.82) is 0 Å². The van der Waals surface area contributed by atoms with Gasteiger partial charge in [-0.1, -0.05) is 141 Å². The molecule has 0 saturated heterocycles. The lowest BCUT2D eigenvalue weighted by Gasteiger charge is -2.26. The third kappa shape index (κ3) is 17.3. The van der Waals surface area contributed by atoms with Crippen LogP contribution >= 0.6 is 0 Å². The van der Waals surface area contributed by atoms with E-state index in [2.05, 4.69) is 51.1 Å². The highest BCUT2D eigenvalue weighted by Gasteiger charge is 2.20. The number of unbranched alkanes of at least 4 members (excludes halogenated alkanes) is 11. The van der Waals surface area contributed by atoms with E-state index in [1.165, 1.54) is 102 Å². The highest BCUT2D eigenvalue weighted by atomic mass is 16.5. The van der Waals surface area contributed by atoms with E-state index in [9.17, 15) is 0 Å². The van der Waals surface area contributed by atoms with E-state index in [0.717, 1.165) is 18.9 Å². The van der Waals surface area contributed by atoms with Crippen LogP contribution in [0.15, 0.2) is 30.3 Å². The van der Waals surface area contributed by atoms with E-state index in [1.807, 2.05) is 0 Å². The van der Waals surface area contributed by atoms with Gasteiger partial charge in [0.15, 0.2) is 0 Å². The van der Waals surface area contributed by atoms with Crippen molar-refractivity contribution < 1.29 is 9.47 Å². The standard InChI is InChI=1S/C31H54O2/c1-31(2,3)25-30(33-26-29-20-16-14-17-21-29)27-32-24-18-13-11-9-7-5-4-6-8-10-12-15-19-28-22-23-28/h14,16-17,20-21,28,30H,4-13,15,18-19,22-27H2,1-3H3. The maximum absolute atomic E-state index is 6.21. The number of ether oxygens (including phenoxy) is 2. The summed E-state index contributed by atoms with van der Waals surface area (Å²) in [4.78, 5) is 0. The predicted octanol–water partition coefficient (Wildman–Crippen LogP) is 9.51. The second kappa shape index (κ2) is 17.6. The molecule has 1 unspecified atom stereocenters. The van der Waals surface area contributed by atoms with Crippen molar-refractivity contribution in [3.63, 3.8) is 0 Å². The van der Waals surface area contributed by atoms with Crippen molar-refractivity contribution in [2.45, 2.75) is 136 Å². The van der Waals surface area contributed by atoms with Gasteiger partial charge >= 0.3 is 0 Å². The molecular formula is C31H54O2. The van der Waals surface area contributed by atoms with Gasteiger partial charge in [-0.25, -0.2) is 0 Å². The third-order valence-electron chi connectivity index (χ3n) is 6.82. The molecule has 0 bridgehead atoms. The second-order valence-corrected chi connectivity index (χ2v) is 11.7. The molecule has 33 heavy (non-hydrogen) atoms. The molecule has 1 aromatic carbocycles. The molecule has 1 atom stereocenters. The first-order valence-electron chi connectivity index (χ1n) is 14.3. The largest absolute Gasteiger partial charge is 0.379 e. The smallest absolute Gasteiger partial charge is 0.0818 e. The molecule has 0 amide bonds. The molecule has 1 aliphatic carbocycles. The predicted molar refractivity (Wildman–Crippen MR) is 143 cm³/mol. The average molecular weight is 459 g/mol. The summed E-state index contributed by atoms with van der Waals surface area (Å²) in [6.07, 6.45) is 22.7. The minimum absolute atomic E-state index is 0.170. The van der Waals surface area contributed by atoms with Gasteiger partial charge in [0.25, 0.3) is 0 Å². The molecular weight excluding hydrogens is 404 g/mol. The van der Waals surface area contributed by atoms with Crippen molar-refractivity contribution in [3.8, 4) is 0 Å². The summed E-state index contributed by atoms with van der Waals surface area (Å²) in [6, 6.07) is 10.5. The van der Waals surface area contributed by atoms with E-state index in [4.69, 9.17) is 9.47 Å². The van der Waals surface area contributed by atoms with Gasteiger partial charge in [-0.3, -0.25) is 0 Å². The van der Waals surface area contributed by atoms with E-state index < -0.39 is 0 Å². The zero-order valence-electron chi connectivity index (χ0n) is 22.3. The molecule has 0 aromatic heterocycles. The fourth-order valence-corrected chi connectivity index (χ4v) is 4.66. The fourth-order valence-electron chi connectivity index (χ4n) is 4.66. The number of hydrogen-bond acceptors (Lipinski definition) is 2. The lowest BCUT2D eigenvalue weighted by atomic mass is 9.89. The molecule has 1 fully saturated rings. The van der Waals surface area contributed by atoms with Crippen LogP contribution in [0.5, 0.6) is 0 Å². The first-order valence-corrected chi connectivity index (χ1v) is 14.3. The Morgan fingerprint density at radius 1 is 0.758 bits per heavy atom. The van der Waals surface area contributed by atoms with Crippen LogP contribution in [0.4, 0.5) is 0 Å². The van der Waals surface area contributed by atoms with Crippen molar-refractivity contribution >= 4 is 0 Å². The van der Waals surface area contributed by atoms with Crippen molar-refractivity contribution in [2.75, 3.05) is 13.2 Å². The normalized spacial score (nSPS) is 15.1. The van der Waals surface area contributed by atoms with E-state index in [0.29, 0.717) is 13.2 Å². The number of benzene rings is 1. The molecule has 1 aromatic rings. The van der Waals surface area contributed by atoms with Crippen molar-refractivity contribution in [1.82, 2.24) is 0 Å². The summed E-state index contributed by atoms with van der Waals surface area (Å²) in [5, 5.41) is 0. The van der Waals surface area contributed by atoms with Gasteiger partial charge in [0.05, 0.1) is 19.3 Å². The minimum Gasteiger partial charge on any atom is -0.379 e. The van der Waals surface area contributed by atoms with Crippen molar-refractivity contribution in [2.24, 2.45) is 11.3 Å². The van der Waals surface area contributed by atoms with Crippen LogP contribution in [-0.4, -0.2) is 19.3 Å². The fraction of sp³-hybridized carbons (Fsp3) is 0.806. The summed E-state index contributed by atoms with van der Waals surface area (Å²) in [6.45, 7) is 9.10. The quantitative estimate of drug-likeness (QED) is 0.171. The number of hydrogen-bond donors (Lipinski definition) is 0. The van der Waals surface area contributed by atoms with E-state index in [-0.39, 0.29) is 11.5 Å². The van der Waals surface area contributed by atoms with Crippen LogP contribution in [0.2, 0.25) is 0 Å². The maximum Gasteiger partial charge on any atom is 0.0818 e. The summed E-state index contributed by atoms with van der Waals surface area (Å²) >= 11 is 0. The molecule has 1 saturated carbocycles. The number of rotatable bonds is 21. The molecule has 0 heterocycles. The molecule has 2 heteroatoms. The third-order valence-corrected chi connectivity index (χ3v) is 6.82. The molecule has 0 aliphatic heterocycles. The van der Waals surface area contributed by atoms with Gasteiger partial charge in [0.2, 0.25) is 0 Å². The summed E-state index contributed by atoms with van der Waals surface area (Å²) in [5.41, 5.74) is 1.49. The highest BCUT2D eigenvalue weighted by molar-refractivity contribution is 5.13. The Bertz CT molecular complexity index is 558. The van der Waals surface area contributed by atoms with Gasteiger partial charge in [0.1, 0.15) is 0 Å². The summed E-state index contributed by atoms with van der Waals surface area (Å²) in [5.74, 6) is 1.13. The lowest BCUT2D eigenvalue weighted by Crippen LogP contribution is -2.26. The zero-order chi connectivity index (χ0) is 23.6. The first-order chi connectivity index (χ1) is 16.0. The second-order valence-electron chi connectivity index (χ2n) is 11.7. The minimum atomic E-state index is 0.170. The van der Waals surface area contributed by atoms with E-state index >= 15 is 0 Å². The monoisotopic (exact) mass is 458 g/mol. The van der Waals surface area contributed by atoms with Gasteiger partial charge in [-0.15, -0.1) is 0 Å². The van der Waals surface area contributed by atoms with Gasteiger partial charge in [-0.2, -0.15) is 0 Å². The molecule has 190 valence electrons. The highest BCUT2D eigenvalue weighted by Crippen LogP contribution is 2.34. The van der Waals surface area contributed by atoms with E-state index in [1.54, 1.807) is 0 Å². The maximum atomic E-state index is 6.21. The molecule has 1 aliphatic rings. The zero-order valence-corrected chi connectivity index (χ0v) is 22.3. The molecule has 0 spiro atoms. The summed E-state index contributed by atoms with van der Waals surface area (Å²) < 4.78 is 12.2. The van der Waals surface area contributed by atoms with Crippen LogP contribution in [0.3, 0.4) is 0 Å². The average Bonchev–Trinajstić information content (AvgIpc) is 3.61. The Hall–Kier alpha value is -0.860. The van der Waals surface area contributed by atoms with Crippen molar-refractivity contribution in [3.05, 3.63) is 35.9 Å². The Labute approximate surface area is 206 Å². The molecule has 2 nitrogen and oxygen atoms in total. The SMILES string of the molecule is CC(C)(C)CC(COCCCCCCCCCCCCCCC1CC1)OCc1ccccc1. The topological polar surface area (TPSA) is 18.5 Å². The van der Waals surface area contributed by atoms with Crippen LogP contribution in [0, 0.1) is 11.3 Å². The Morgan fingerprint density at radius 2 is 1.30 bits per heavy atom. The first kappa shape index (κ1) is 28.4.